The fourth-order valence-corrected chi connectivity index (χ4v) is 3.77. The molecule has 1 amide bonds. The lowest BCUT2D eigenvalue weighted by molar-refractivity contribution is -0.137. The molecule has 0 spiro atoms. The van der Waals surface area contributed by atoms with Crippen LogP contribution in [0.1, 0.15) is 36.7 Å². The van der Waals surface area contributed by atoms with Crippen molar-refractivity contribution in [3.8, 4) is 0 Å². The Hall–Kier alpha value is -2.11. The zero-order chi connectivity index (χ0) is 17.9. The number of halogens is 3. The van der Waals surface area contributed by atoms with Crippen molar-refractivity contribution < 1.29 is 22.8 Å². The summed E-state index contributed by atoms with van der Waals surface area (Å²) in [5.74, 6) is -0.400. The van der Waals surface area contributed by atoms with Crippen molar-refractivity contribution in [2.75, 3.05) is 0 Å². The van der Waals surface area contributed by atoms with Gasteiger partial charge in [0.25, 0.3) is 5.91 Å². The number of ketones is 1. The lowest BCUT2D eigenvalue weighted by Gasteiger charge is -2.19. The fourth-order valence-electron chi connectivity index (χ4n) is 3.77. The van der Waals surface area contributed by atoms with Crippen LogP contribution in [0.15, 0.2) is 36.0 Å². The van der Waals surface area contributed by atoms with Crippen LogP contribution in [0.3, 0.4) is 0 Å². The van der Waals surface area contributed by atoms with Crippen molar-refractivity contribution in [2.45, 2.75) is 26.9 Å². The van der Waals surface area contributed by atoms with E-state index in [9.17, 15) is 22.8 Å². The zero-order valence-corrected chi connectivity index (χ0v) is 13.6. The van der Waals surface area contributed by atoms with Crippen molar-refractivity contribution in [1.82, 2.24) is 5.32 Å². The van der Waals surface area contributed by atoms with Crippen LogP contribution in [-0.2, 0) is 11.0 Å². The smallest absolute Gasteiger partial charge is 0.325 e. The van der Waals surface area contributed by atoms with Gasteiger partial charge < -0.3 is 5.32 Å². The molecule has 0 saturated heterocycles. The molecule has 0 unspecified atom stereocenters. The Kier molecular flexibility index (Phi) is 3.62. The summed E-state index contributed by atoms with van der Waals surface area (Å²) in [6.45, 7) is 5.67. The van der Waals surface area contributed by atoms with E-state index in [-0.39, 0.29) is 34.5 Å². The van der Waals surface area contributed by atoms with E-state index in [0.717, 1.165) is 24.3 Å². The summed E-state index contributed by atoms with van der Waals surface area (Å²) in [6, 6.07) is 4.03. The van der Waals surface area contributed by atoms with Gasteiger partial charge in [0.15, 0.2) is 0 Å². The molecule has 24 heavy (non-hydrogen) atoms. The summed E-state index contributed by atoms with van der Waals surface area (Å²) in [6.07, 6.45) is -2.52. The van der Waals surface area contributed by atoms with Gasteiger partial charge >= 0.3 is 6.18 Å². The van der Waals surface area contributed by atoms with Crippen molar-refractivity contribution >= 4 is 11.7 Å². The van der Waals surface area contributed by atoms with Crippen LogP contribution in [0.5, 0.6) is 0 Å². The molecule has 3 rings (SSSR count). The first-order valence-electron chi connectivity index (χ1n) is 7.74. The quantitative estimate of drug-likeness (QED) is 0.912. The number of alkyl halides is 3. The Morgan fingerprint density at radius 2 is 1.71 bits per heavy atom. The van der Waals surface area contributed by atoms with E-state index in [1.807, 2.05) is 6.08 Å². The summed E-state index contributed by atoms with van der Waals surface area (Å²) in [5, 5.41) is 2.70. The third kappa shape index (κ3) is 2.64. The molecule has 6 heteroatoms. The molecule has 3 atom stereocenters. The molecule has 1 aromatic carbocycles. The van der Waals surface area contributed by atoms with E-state index in [0.29, 0.717) is 5.70 Å². The minimum Gasteiger partial charge on any atom is -0.325 e. The SMILES string of the molecule is CC(=O)[C@H]1C(NC(=O)c2ccc(C(F)(F)F)cc2)=C[C@@H]2[C@H]1C2(C)C. The second kappa shape index (κ2) is 5.19. The van der Waals surface area contributed by atoms with Crippen LogP contribution < -0.4 is 5.32 Å². The van der Waals surface area contributed by atoms with Gasteiger partial charge in [0, 0.05) is 11.3 Å². The van der Waals surface area contributed by atoms with Crippen LogP contribution in [0.2, 0.25) is 0 Å². The number of hydrogen-bond acceptors (Lipinski definition) is 2. The molecule has 0 heterocycles. The molecule has 1 aromatic rings. The summed E-state index contributed by atoms with van der Waals surface area (Å²) in [7, 11) is 0. The number of benzene rings is 1. The van der Waals surface area contributed by atoms with E-state index in [1.165, 1.54) is 6.92 Å². The molecule has 2 aliphatic carbocycles. The van der Waals surface area contributed by atoms with Crippen molar-refractivity contribution in [1.29, 1.82) is 0 Å². The Morgan fingerprint density at radius 1 is 1.12 bits per heavy atom. The Balaban J connectivity index is 1.76. The molecule has 1 saturated carbocycles. The van der Waals surface area contributed by atoms with Crippen LogP contribution in [0, 0.1) is 23.2 Å². The van der Waals surface area contributed by atoms with E-state index in [2.05, 4.69) is 19.2 Å². The van der Waals surface area contributed by atoms with Gasteiger partial charge in [0.2, 0.25) is 0 Å². The van der Waals surface area contributed by atoms with Crippen molar-refractivity contribution in [2.24, 2.45) is 23.2 Å². The van der Waals surface area contributed by atoms with Crippen molar-refractivity contribution in [3.63, 3.8) is 0 Å². The van der Waals surface area contributed by atoms with Crippen LogP contribution >= 0.6 is 0 Å². The van der Waals surface area contributed by atoms with E-state index in [1.54, 1.807) is 0 Å². The number of carbonyl (C=O) groups is 2. The van der Waals surface area contributed by atoms with Gasteiger partial charge in [-0.3, -0.25) is 9.59 Å². The molecule has 2 aliphatic rings. The third-order valence-corrected chi connectivity index (χ3v) is 5.22. The number of fused-ring (bicyclic) bond motifs is 1. The zero-order valence-electron chi connectivity index (χ0n) is 13.6. The molecule has 0 aromatic heterocycles. The predicted octanol–water partition coefficient (Wildman–Crippen LogP) is 3.81. The summed E-state index contributed by atoms with van der Waals surface area (Å²) in [4.78, 5) is 24.2. The number of nitrogens with one attached hydrogen (secondary N) is 1. The normalized spacial score (nSPS) is 27.2. The number of amides is 1. The standard InChI is InChI=1S/C18H18F3NO2/c1-9(23)14-13(8-12-15(14)17(12,2)3)22-16(24)10-4-6-11(7-5-10)18(19,20)21/h4-8,12,14-15H,1-3H3,(H,22,24)/t12-,14+,15-/m1/s1. The maximum atomic E-state index is 12.6. The van der Waals surface area contributed by atoms with Gasteiger partial charge in [0.05, 0.1) is 11.5 Å². The number of carbonyl (C=O) groups excluding carboxylic acids is 2. The monoisotopic (exact) mass is 337 g/mol. The first-order chi connectivity index (χ1) is 11.0. The average Bonchev–Trinajstić information content (AvgIpc) is 2.84. The first-order valence-corrected chi connectivity index (χ1v) is 7.74. The maximum absolute atomic E-state index is 12.6. The molecule has 1 fully saturated rings. The number of Topliss-reactive ketones (excluding diaryl/α,β-unsaturated/α-hetero) is 1. The summed E-state index contributed by atoms with van der Waals surface area (Å²) in [5.41, 5.74) is -0.0460. The molecule has 0 aliphatic heterocycles. The number of allylic oxidation sites excluding steroid dienone is 2. The van der Waals surface area contributed by atoms with Gasteiger partial charge in [-0.15, -0.1) is 0 Å². The summed E-state index contributed by atoms with van der Waals surface area (Å²) < 4.78 is 37.7. The van der Waals surface area contributed by atoms with Gasteiger partial charge in [-0.1, -0.05) is 19.9 Å². The molecule has 1 N–H and O–H groups in total. The summed E-state index contributed by atoms with van der Waals surface area (Å²) >= 11 is 0. The maximum Gasteiger partial charge on any atom is 0.416 e. The second-order valence-electron chi connectivity index (χ2n) is 7.11. The minimum atomic E-state index is -4.43. The van der Waals surface area contributed by atoms with E-state index < -0.39 is 17.6 Å². The fraction of sp³-hybridized carbons (Fsp3) is 0.444. The minimum absolute atomic E-state index is 0.00737. The highest BCUT2D eigenvalue weighted by molar-refractivity contribution is 5.96. The van der Waals surface area contributed by atoms with Crippen molar-refractivity contribution in [3.05, 3.63) is 47.2 Å². The number of hydrogen-bond donors (Lipinski definition) is 1. The molecular weight excluding hydrogens is 319 g/mol. The van der Waals surface area contributed by atoms with Crippen LogP contribution in [0.25, 0.3) is 0 Å². The Morgan fingerprint density at radius 3 is 2.21 bits per heavy atom. The van der Waals surface area contributed by atoms with Gasteiger partial charge in [-0.05, 0) is 48.4 Å². The molecule has 0 radical (unpaired) electrons. The largest absolute Gasteiger partial charge is 0.416 e. The Bertz CT molecular complexity index is 732. The molecule has 0 bridgehead atoms. The average molecular weight is 337 g/mol. The highest BCUT2D eigenvalue weighted by Crippen LogP contribution is 2.67. The highest BCUT2D eigenvalue weighted by Gasteiger charge is 2.65. The van der Waals surface area contributed by atoms with Crippen LogP contribution in [0.4, 0.5) is 13.2 Å². The molecule has 3 nitrogen and oxygen atoms in total. The molecular formula is C18H18F3NO2. The topological polar surface area (TPSA) is 46.2 Å². The second-order valence-corrected chi connectivity index (χ2v) is 7.11. The Labute approximate surface area is 137 Å². The number of rotatable bonds is 3. The molecule has 128 valence electrons. The first kappa shape index (κ1) is 16.7. The van der Waals surface area contributed by atoms with Gasteiger partial charge in [0.1, 0.15) is 5.78 Å². The van der Waals surface area contributed by atoms with E-state index >= 15 is 0 Å². The predicted molar refractivity (Wildman–Crippen MR) is 81.9 cm³/mol. The van der Waals surface area contributed by atoms with Crippen LogP contribution in [-0.4, -0.2) is 11.7 Å². The highest BCUT2D eigenvalue weighted by atomic mass is 19.4. The lowest BCUT2D eigenvalue weighted by Crippen LogP contribution is -2.31. The van der Waals surface area contributed by atoms with Gasteiger partial charge in [-0.25, -0.2) is 0 Å². The van der Waals surface area contributed by atoms with E-state index in [4.69, 9.17) is 0 Å². The van der Waals surface area contributed by atoms with Gasteiger partial charge in [-0.2, -0.15) is 13.2 Å². The lowest BCUT2D eigenvalue weighted by atomic mass is 9.91. The third-order valence-electron chi connectivity index (χ3n) is 5.22.